The molecule has 3 N–H and O–H groups in total. The summed E-state index contributed by atoms with van der Waals surface area (Å²) in [6.45, 7) is 6.46. The largest absolute Gasteiger partial charge is 0.383 e. The fraction of sp³-hybridized carbons (Fsp3) is 0.471. The first-order valence-electron chi connectivity index (χ1n) is 8.06. The number of amides is 1. The molecule has 0 spiro atoms. The molecule has 1 fully saturated rings. The average Bonchev–Trinajstić information content (AvgIpc) is 2.51. The van der Waals surface area contributed by atoms with Crippen LogP contribution in [0.15, 0.2) is 24.5 Å². The number of hydrogen-bond acceptors (Lipinski definition) is 5. The quantitative estimate of drug-likeness (QED) is 0.895. The van der Waals surface area contributed by atoms with Crippen molar-refractivity contribution < 1.29 is 4.79 Å². The van der Waals surface area contributed by atoms with E-state index in [0.29, 0.717) is 18.3 Å². The van der Waals surface area contributed by atoms with Gasteiger partial charge in [0, 0.05) is 25.0 Å². The van der Waals surface area contributed by atoms with Gasteiger partial charge in [0.2, 0.25) is 5.91 Å². The molecule has 23 heavy (non-hydrogen) atoms. The predicted octanol–water partition coefficient (Wildman–Crippen LogP) is 1.56. The minimum absolute atomic E-state index is 0.0674. The molecule has 1 amide bonds. The Morgan fingerprint density at radius 2 is 2.22 bits per heavy atom. The van der Waals surface area contributed by atoms with E-state index >= 15 is 0 Å². The lowest BCUT2D eigenvalue weighted by Gasteiger charge is -2.34. The van der Waals surface area contributed by atoms with E-state index in [1.807, 2.05) is 23.1 Å². The van der Waals surface area contributed by atoms with Crippen LogP contribution in [0.4, 0.5) is 5.82 Å². The number of carbonyl (C=O) groups is 1. The molecular formula is C17H23N5O. The Balaban J connectivity index is 1.77. The Kier molecular flexibility index (Phi) is 4.43. The molecule has 0 radical (unpaired) electrons. The Morgan fingerprint density at radius 3 is 3.00 bits per heavy atom. The first kappa shape index (κ1) is 15.7. The maximum Gasteiger partial charge on any atom is 0.240 e. The fourth-order valence-corrected chi connectivity index (χ4v) is 3.05. The van der Waals surface area contributed by atoms with Crippen LogP contribution in [0.1, 0.15) is 25.8 Å². The molecule has 2 aromatic rings. The molecule has 1 unspecified atom stereocenters. The zero-order chi connectivity index (χ0) is 16.4. The molecule has 1 aromatic carbocycles. The number of aromatic nitrogens is 2. The normalized spacial score (nSPS) is 18.8. The van der Waals surface area contributed by atoms with E-state index in [1.54, 1.807) is 0 Å². The molecule has 1 aliphatic rings. The van der Waals surface area contributed by atoms with Crippen LogP contribution in [-0.2, 0) is 11.3 Å². The lowest BCUT2D eigenvalue weighted by Crippen LogP contribution is -2.54. The average molecular weight is 313 g/mol. The summed E-state index contributed by atoms with van der Waals surface area (Å²) in [7, 11) is 0. The summed E-state index contributed by atoms with van der Waals surface area (Å²) in [5.41, 5.74) is 7.73. The number of nitrogens with zero attached hydrogens (tertiary/aromatic N) is 3. The van der Waals surface area contributed by atoms with Crippen LogP contribution in [-0.4, -0.2) is 39.9 Å². The molecule has 0 saturated carbocycles. The molecule has 2 heterocycles. The third kappa shape index (κ3) is 3.42. The van der Waals surface area contributed by atoms with E-state index in [4.69, 9.17) is 5.73 Å². The summed E-state index contributed by atoms with van der Waals surface area (Å²) in [6, 6.07) is 5.84. The molecule has 1 atom stereocenters. The number of anilines is 1. The summed E-state index contributed by atoms with van der Waals surface area (Å²) >= 11 is 0. The highest BCUT2D eigenvalue weighted by molar-refractivity contribution is 5.88. The summed E-state index contributed by atoms with van der Waals surface area (Å²) in [4.78, 5) is 22.8. The second kappa shape index (κ2) is 6.50. The molecule has 0 bridgehead atoms. The molecule has 6 heteroatoms. The van der Waals surface area contributed by atoms with Crippen molar-refractivity contribution >= 4 is 22.6 Å². The van der Waals surface area contributed by atoms with Gasteiger partial charge in [0.15, 0.2) is 0 Å². The van der Waals surface area contributed by atoms with E-state index in [-0.39, 0.29) is 11.9 Å². The first-order chi connectivity index (χ1) is 11.0. The molecule has 1 saturated heterocycles. The summed E-state index contributed by atoms with van der Waals surface area (Å²) in [5, 5.41) is 4.17. The van der Waals surface area contributed by atoms with Crippen LogP contribution >= 0.6 is 0 Å². The number of fused-ring (bicyclic) bond motifs is 1. The monoisotopic (exact) mass is 313 g/mol. The van der Waals surface area contributed by atoms with Gasteiger partial charge in [0.25, 0.3) is 0 Å². The van der Waals surface area contributed by atoms with Crippen LogP contribution in [0.5, 0.6) is 0 Å². The van der Waals surface area contributed by atoms with Crippen LogP contribution < -0.4 is 11.1 Å². The lowest BCUT2D eigenvalue weighted by atomic mass is 10.0. The standard InChI is InChI=1S/C17H23N5O/c1-11(2)7-15-17(23)22(6-5-19-15)9-12-3-4-13-14(8-12)20-10-21-16(13)18/h3-4,8,10-11,15,19H,5-7,9H2,1-2H3,(H2,18,20,21). The van der Waals surface area contributed by atoms with Crippen molar-refractivity contribution in [3.63, 3.8) is 0 Å². The highest BCUT2D eigenvalue weighted by Gasteiger charge is 2.28. The zero-order valence-electron chi connectivity index (χ0n) is 13.6. The molecule has 1 aromatic heterocycles. The topological polar surface area (TPSA) is 84.1 Å². The van der Waals surface area contributed by atoms with Crippen molar-refractivity contribution in [2.24, 2.45) is 5.92 Å². The highest BCUT2D eigenvalue weighted by atomic mass is 16.2. The molecule has 1 aliphatic heterocycles. The van der Waals surface area contributed by atoms with Crippen LogP contribution in [0.25, 0.3) is 10.9 Å². The van der Waals surface area contributed by atoms with Crippen molar-refractivity contribution in [1.29, 1.82) is 0 Å². The van der Waals surface area contributed by atoms with Gasteiger partial charge >= 0.3 is 0 Å². The maximum atomic E-state index is 12.6. The predicted molar refractivity (Wildman–Crippen MR) is 90.6 cm³/mol. The van der Waals surface area contributed by atoms with Gasteiger partial charge in [0.05, 0.1) is 11.6 Å². The van der Waals surface area contributed by atoms with Crippen molar-refractivity contribution in [3.05, 3.63) is 30.1 Å². The van der Waals surface area contributed by atoms with Gasteiger partial charge in [-0.05, 0) is 30.0 Å². The Hall–Kier alpha value is -2.21. The van der Waals surface area contributed by atoms with Gasteiger partial charge in [0.1, 0.15) is 12.1 Å². The Bertz CT molecular complexity index is 715. The second-order valence-electron chi connectivity index (χ2n) is 6.51. The zero-order valence-corrected chi connectivity index (χ0v) is 13.6. The van der Waals surface area contributed by atoms with Crippen LogP contribution in [0.3, 0.4) is 0 Å². The first-order valence-corrected chi connectivity index (χ1v) is 8.06. The molecule has 3 rings (SSSR count). The number of nitrogens with two attached hydrogens (primary N) is 1. The van der Waals surface area contributed by atoms with E-state index in [2.05, 4.69) is 29.1 Å². The summed E-state index contributed by atoms with van der Waals surface area (Å²) in [6.07, 6.45) is 2.34. The minimum atomic E-state index is -0.0674. The smallest absolute Gasteiger partial charge is 0.240 e. The van der Waals surface area contributed by atoms with Crippen LogP contribution in [0.2, 0.25) is 0 Å². The van der Waals surface area contributed by atoms with Gasteiger partial charge in [-0.25, -0.2) is 9.97 Å². The second-order valence-corrected chi connectivity index (χ2v) is 6.51. The van der Waals surface area contributed by atoms with Gasteiger partial charge in [-0.2, -0.15) is 0 Å². The minimum Gasteiger partial charge on any atom is -0.383 e. The third-order valence-electron chi connectivity index (χ3n) is 4.19. The Labute approximate surface area is 136 Å². The molecule has 122 valence electrons. The van der Waals surface area contributed by atoms with E-state index in [9.17, 15) is 4.79 Å². The van der Waals surface area contributed by atoms with Crippen molar-refractivity contribution in [1.82, 2.24) is 20.2 Å². The van der Waals surface area contributed by atoms with Crippen molar-refractivity contribution in [2.45, 2.75) is 32.9 Å². The number of benzene rings is 1. The summed E-state index contributed by atoms with van der Waals surface area (Å²) in [5.74, 6) is 1.17. The number of hydrogen-bond donors (Lipinski definition) is 2. The number of nitrogen functional groups attached to an aromatic ring is 1. The van der Waals surface area contributed by atoms with Gasteiger partial charge in [-0.1, -0.05) is 19.9 Å². The molecular weight excluding hydrogens is 290 g/mol. The SMILES string of the molecule is CC(C)CC1NCCN(Cc2ccc3c(N)ncnc3c2)C1=O. The number of nitrogens with one attached hydrogen (secondary N) is 1. The number of rotatable bonds is 4. The fourth-order valence-electron chi connectivity index (χ4n) is 3.05. The van der Waals surface area contributed by atoms with E-state index < -0.39 is 0 Å². The summed E-state index contributed by atoms with van der Waals surface area (Å²) < 4.78 is 0. The van der Waals surface area contributed by atoms with Crippen molar-refractivity contribution in [3.8, 4) is 0 Å². The van der Waals surface area contributed by atoms with Gasteiger partial charge in [-0.3, -0.25) is 4.79 Å². The number of piperazine rings is 1. The maximum absolute atomic E-state index is 12.6. The Morgan fingerprint density at radius 1 is 1.39 bits per heavy atom. The van der Waals surface area contributed by atoms with E-state index in [0.717, 1.165) is 36.0 Å². The van der Waals surface area contributed by atoms with Crippen molar-refractivity contribution in [2.75, 3.05) is 18.8 Å². The van der Waals surface area contributed by atoms with Crippen LogP contribution in [0, 0.1) is 5.92 Å². The number of carbonyl (C=O) groups excluding carboxylic acids is 1. The molecule has 0 aliphatic carbocycles. The van der Waals surface area contributed by atoms with E-state index in [1.165, 1.54) is 6.33 Å². The van der Waals surface area contributed by atoms with Gasteiger partial charge < -0.3 is 16.0 Å². The lowest BCUT2D eigenvalue weighted by molar-refractivity contribution is -0.136. The third-order valence-corrected chi connectivity index (χ3v) is 4.19. The highest BCUT2D eigenvalue weighted by Crippen LogP contribution is 2.20. The van der Waals surface area contributed by atoms with Gasteiger partial charge in [-0.15, -0.1) is 0 Å². The molecule has 6 nitrogen and oxygen atoms in total.